The lowest BCUT2D eigenvalue weighted by Gasteiger charge is -2.30. The minimum Gasteiger partial charge on any atom is -0.492 e. The minimum atomic E-state index is -0.234. The van der Waals surface area contributed by atoms with Gasteiger partial charge in [0.2, 0.25) is 11.9 Å². The molecule has 2 heterocycles. The number of hydrogen-bond donors (Lipinski definition) is 1. The number of unbranched alkanes of at least 4 members (excludes halogenated alkanes) is 4. The number of ether oxygens (including phenoxy) is 3. The molecule has 0 bridgehead atoms. The van der Waals surface area contributed by atoms with E-state index in [-0.39, 0.29) is 23.8 Å². The second-order valence-electron chi connectivity index (χ2n) is 8.29. The van der Waals surface area contributed by atoms with Gasteiger partial charge in [0.25, 0.3) is 0 Å². The number of guanidine groups is 1. The van der Waals surface area contributed by atoms with Crippen LogP contribution in [0.25, 0.3) is 0 Å². The number of benzene rings is 1. The molecular weight excluding hydrogens is 398 g/mol. The average Bonchev–Trinajstić information content (AvgIpc) is 3.05. The number of esters is 1. The van der Waals surface area contributed by atoms with E-state index in [2.05, 4.69) is 10.3 Å². The van der Waals surface area contributed by atoms with Gasteiger partial charge in [0, 0.05) is 12.5 Å². The van der Waals surface area contributed by atoms with Crippen LogP contribution in [0.3, 0.4) is 0 Å². The van der Waals surface area contributed by atoms with Crippen molar-refractivity contribution in [3.05, 3.63) is 17.7 Å². The zero-order chi connectivity index (χ0) is 22.4. The summed E-state index contributed by atoms with van der Waals surface area (Å²) in [5, 5.41) is 2.89. The van der Waals surface area contributed by atoms with Gasteiger partial charge in [-0.2, -0.15) is 0 Å². The summed E-state index contributed by atoms with van der Waals surface area (Å²) in [4.78, 5) is 29.7. The Morgan fingerprint density at radius 1 is 1.19 bits per heavy atom. The van der Waals surface area contributed by atoms with Gasteiger partial charge in [0.1, 0.15) is 6.04 Å². The fraction of sp³-hybridized carbons (Fsp3) is 0.609. The maximum Gasteiger partial charge on any atom is 0.302 e. The number of amides is 1. The van der Waals surface area contributed by atoms with Gasteiger partial charge < -0.3 is 19.1 Å². The predicted octanol–water partition coefficient (Wildman–Crippen LogP) is 3.55. The molecular formula is C23H33N3O5. The minimum absolute atomic E-state index is 0.00940. The van der Waals surface area contributed by atoms with Gasteiger partial charge in [-0.15, -0.1) is 0 Å². The molecule has 1 aromatic carbocycles. The lowest BCUT2D eigenvalue weighted by atomic mass is 10.0. The Balaban J connectivity index is 1.54. The lowest BCUT2D eigenvalue weighted by molar-refractivity contribution is -0.141. The molecule has 1 atom stereocenters. The summed E-state index contributed by atoms with van der Waals surface area (Å²) < 4.78 is 16.6. The largest absolute Gasteiger partial charge is 0.492 e. The molecule has 0 aliphatic carbocycles. The molecule has 8 nitrogen and oxygen atoms in total. The van der Waals surface area contributed by atoms with E-state index in [1.807, 2.05) is 30.9 Å². The highest BCUT2D eigenvalue weighted by molar-refractivity contribution is 6.08. The number of nitrogens with one attached hydrogen (secondary N) is 1. The van der Waals surface area contributed by atoms with Crippen molar-refractivity contribution >= 4 is 23.5 Å². The number of hydrogen-bond acceptors (Lipinski definition) is 7. The molecule has 31 heavy (non-hydrogen) atoms. The van der Waals surface area contributed by atoms with Crippen molar-refractivity contribution in [1.82, 2.24) is 10.2 Å². The monoisotopic (exact) mass is 431 g/mol. The normalized spacial score (nSPS) is 17.1. The van der Waals surface area contributed by atoms with Crippen LogP contribution < -0.4 is 14.8 Å². The number of carbonyl (C=O) groups excluding carboxylic acids is 2. The van der Waals surface area contributed by atoms with Crippen LogP contribution in [0.1, 0.15) is 58.4 Å². The Bertz CT molecular complexity index is 837. The average molecular weight is 432 g/mol. The van der Waals surface area contributed by atoms with Crippen LogP contribution in [-0.4, -0.2) is 49.1 Å². The summed E-state index contributed by atoms with van der Waals surface area (Å²) in [6.07, 6.45) is 5.01. The van der Waals surface area contributed by atoms with Gasteiger partial charge in [0.15, 0.2) is 11.5 Å². The van der Waals surface area contributed by atoms with Crippen LogP contribution in [0.4, 0.5) is 5.69 Å². The van der Waals surface area contributed by atoms with Crippen molar-refractivity contribution < 1.29 is 23.8 Å². The first kappa shape index (κ1) is 22.9. The molecule has 0 radical (unpaired) electrons. The summed E-state index contributed by atoms with van der Waals surface area (Å²) in [6, 6.07) is 3.57. The van der Waals surface area contributed by atoms with Crippen molar-refractivity contribution in [3.8, 4) is 11.5 Å². The van der Waals surface area contributed by atoms with E-state index in [0.717, 1.165) is 43.4 Å². The molecule has 2 aliphatic heterocycles. The quantitative estimate of drug-likeness (QED) is 0.426. The number of nitrogens with zero attached hydrogens (tertiary/aromatic N) is 2. The predicted molar refractivity (Wildman–Crippen MR) is 118 cm³/mol. The van der Waals surface area contributed by atoms with E-state index >= 15 is 0 Å². The molecule has 1 N–H and O–H groups in total. The zero-order valence-electron chi connectivity index (χ0n) is 18.9. The van der Waals surface area contributed by atoms with Crippen LogP contribution >= 0.6 is 0 Å². The highest BCUT2D eigenvalue weighted by Gasteiger charge is 2.41. The second-order valence-corrected chi connectivity index (χ2v) is 8.29. The van der Waals surface area contributed by atoms with Gasteiger partial charge in [-0.3, -0.25) is 14.9 Å². The summed E-state index contributed by atoms with van der Waals surface area (Å²) >= 11 is 0. The SMILES string of the molecule is COc1c(OCCCCCCCOC(C)=O)ccc2c1CN1C(=N2)NC(=O)C1C(C)C. The summed E-state index contributed by atoms with van der Waals surface area (Å²) in [6.45, 7) is 7.16. The Labute approximate surface area is 183 Å². The third kappa shape index (κ3) is 5.48. The smallest absolute Gasteiger partial charge is 0.302 e. The molecule has 1 amide bonds. The van der Waals surface area contributed by atoms with Crippen LogP contribution in [0, 0.1) is 5.92 Å². The Kier molecular flexibility index (Phi) is 7.76. The maximum atomic E-state index is 12.4. The van der Waals surface area contributed by atoms with E-state index in [0.29, 0.717) is 37.2 Å². The van der Waals surface area contributed by atoms with Gasteiger partial charge in [-0.1, -0.05) is 33.1 Å². The topological polar surface area (TPSA) is 89.5 Å². The molecule has 2 aliphatic rings. The van der Waals surface area contributed by atoms with Gasteiger partial charge in [-0.25, -0.2) is 4.99 Å². The van der Waals surface area contributed by atoms with E-state index in [9.17, 15) is 9.59 Å². The Morgan fingerprint density at radius 3 is 2.58 bits per heavy atom. The molecule has 1 unspecified atom stereocenters. The van der Waals surface area contributed by atoms with E-state index in [1.54, 1.807) is 7.11 Å². The first-order valence-electron chi connectivity index (χ1n) is 11.0. The van der Waals surface area contributed by atoms with Gasteiger partial charge in [-0.05, 0) is 30.9 Å². The van der Waals surface area contributed by atoms with Gasteiger partial charge >= 0.3 is 5.97 Å². The molecule has 1 aromatic rings. The van der Waals surface area contributed by atoms with E-state index < -0.39 is 0 Å². The molecule has 1 saturated heterocycles. The van der Waals surface area contributed by atoms with Crippen molar-refractivity contribution in [2.45, 2.75) is 65.5 Å². The molecule has 0 aromatic heterocycles. The molecule has 0 spiro atoms. The van der Waals surface area contributed by atoms with Gasteiger partial charge in [0.05, 0.1) is 32.6 Å². The molecule has 0 saturated carbocycles. The Hall–Kier alpha value is -2.77. The van der Waals surface area contributed by atoms with Crippen molar-refractivity contribution in [3.63, 3.8) is 0 Å². The summed E-state index contributed by atoms with van der Waals surface area (Å²) in [7, 11) is 1.64. The van der Waals surface area contributed by atoms with Crippen LogP contribution in [0.15, 0.2) is 17.1 Å². The molecule has 3 rings (SSSR count). The van der Waals surface area contributed by atoms with E-state index in [1.165, 1.54) is 6.92 Å². The molecule has 170 valence electrons. The highest BCUT2D eigenvalue weighted by atomic mass is 16.5. The van der Waals surface area contributed by atoms with Crippen molar-refractivity contribution in [1.29, 1.82) is 0 Å². The number of rotatable bonds is 11. The number of aliphatic imine (C=N–C) groups is 1. The lowest BCUT2D eigenvalue weighted by Crippen LogP contribution is -2.40. The Morgan fingerprint density at radius 2 is 1.90 bits per heavy atom. The van der Waals surface area contributed by atoms with Crippen LogP contribution in [0.2, 0.25) is 0 Å². The molecule has 8 heteroatoms. The number of methoxy groups -OCH3 is 1. The van der Waals surface area contributed by atoms with Crippen LogP contribution in [-0.2, 0) is 20.9 Å². The van der Waals surface area contributed by atoms with Crippen LogP contribution in [0.5, 0.6) is 11.5 Å². The van der Waals surface area contributed by atoms with Crippen molar-refractivity contribution in [2.24, 2.45) is 10.9 Å². The fourth-order valence-electron chi connectivity index (χ4n) is 4.07. The fourth-order valence-corrected chi connectivity index (χ4v) is 4.07. The second kappa shape index (κ2) is 10.5. The highest BCUT2D eigenvalue weighted by Crippen LogP contribution is 2.42. The molecule has 1 fully saturated rings. The maximum absolute atomic E-state index is 12.4. The number of carbonyl (C=O) groups is 2. The first-order chi connectivity index (χ1) is 14.9. The number of fused-ring (bicyclic) bond motifs is 2. The zero-order valence-corrected chi connectivity index (χ0v) is 18.9. The van der Waals surface area contributed by atoms with E-state index in [4.69, 9.17) is 14.2 Å². The van der Waals surface area contributed by atoms with Crippen molar-refractivity contribution in [2.75, 3.05) is 20.3 Å². The third-order valence-corrected chi connectivity index (χ3v) is 5.55. The first-order valence-corrected chi connectivity index (χ1v) is 11.0. The third-order valence-electron chi connectivity index (χ3n) is 5.55. The standard InChI is InChI=1S/C23H33N3O5/c1-15(2)20-22(28)25-23-24-18-10-11-19(21(29-4)17(18)14-26(20)23)31-13-9-7-5-6-8-12-30-16(3)27/h10-11,15,20H,5-9,12-14H2,1-4H3,(H,24,25,28). The summed E-state index contributed by atoms with van der Waals surface area (Å²) in [5.41, 5.74) is 1.74. The summed E-state index contributed by atoms with van der Waals surface area (Å²) in [5.74, 6) is 1.94.